The maximum Gasteiger partial charge on any atom is 0.0483 e. The molecule has 0 saturated heterocycles. The highest BCUT2D eigenvalue weighted by atomic mass is 14.9. The first kappa shape index (κ1) is 10.2. The SMILES string of the molecule is CCn1ccc2c(C(C)CN)cccc21. The van der Waals surface area contributed by atoms with Crippen molar-refractivity contribution in [1.82, 2.24) is 4.57 Å². The van der Waals surface area contributed by atoms with E-state index in [2.05, 4.69) is 48.9 Å². The molecule has 1 heterocycles. The lowest BCUT2D eigenvalue weighted by Crippen LogP contribution is -2.09. The topological polar surface area (TPSA) is 30.9 Å². The van der Waals surface area contributed by atoms with E-state index in [4.69, 9.17) is 5.73 Å². The second kappa shape index (κ2) is 4.07. The molecule has 2 aromatic rings. The van der Waals surface area contributed by atoms with Crippen molar-refractivity contribution in [1.29, 1.82) is 0 Å². The van der Waals surface area contributed by atoms with Crippen LogP contribution in [-0.2, 0) is 6.54 Å². The minimum atomic E-state index is 0.432. The molecule has 0 amide bonds. The summed E-state index contributed by atoms with van der Waals surface area (Å²) in [5.74, 6) is 0.432. The van der Waals surface area contributed by atoms with Crippen molar-refractivity contribution in [2.24, 2.45) is 5.73 Å². The van der Waals surface area contributed by atoms with E-state index in [9.17, 15) is 0 Å². The lowest BCUT2D eigenvalue weighted by molar-refractivity contribution is 0.778. The number of nitrogens with zero attached hydrogens (tertiary/aromatic N) is 1. The molecule has 0 bridgehead atoms. The highest BCUT2D eigenvalue weighted by Gasteiger charge is 2.09. The van der Waals surface area contributed by atoms with Crippen LogP contribution in [-0.4, -0.2) is 11.1 Å². The molecule has 0 saturated carbocycles. The van der Waals surface area contributed by atoms with Gasteiger partial charge in [-0.05, 0) is 37.1 Å². The lowest BCUT2D eigenvalue weighted by Gasteiger charge is -2.10. The van der Waals surface area contributed by atoms with Crippen molar-refractivity contribution < 1.29 is 0 Å². The zero-order chi connectivity index (χ0) is 10.8. The van der Waals surface area contributed by atoms with Crippen molar-refractivity contribution in [2.45, 2.75) is 26.3 Å². The van der Waals surface area contributed by atoms with Gasteiger partial charge in [0, 0.05) is 23.6 Å². The predicted molar refractivity (Wildman–Crippen MR) is 65.1 cm³/mol. The van der Waals surface area contributed by atoms with E-state index in [1.165, 1.54) is 16.5 Å². The van der Waals surface area contributed by atoms with Crippen LogP contribution in [0.2, 0.25) is 0 Å². The third-order valence-electron chi connectivity index (χ3n) is 3.07. The van der Waals surface area contributed by atoms with E-state index < -0.39 is 0 Å². The Labute approximate surface area is 90.7 Å². The Morgan fingerprint density at radius 3 is 2.80 bits per heavy atom. The monoisotopic (exact) mass is 202 g/mol. The molecule has 1 atom stereocenters. The Kier molecular flexibility index (Phi) is 2.78. The van der Waals surface area contributed by atoms with Gasteiger partial charge in [-0.25, -0.2) is 0 Å². The summed E-state index contributed by atoms with van der Waals surface area (Å²) in [5, 5.41) is 1.34. The molecular weight excluding hydrogens is 184 g/mol. The highest BCUT2D eigenvalue weighted by Crippen LogP contribution is 2.25. The molecule has 1 aromatic carbocycles. The molecule has 0 radical (unpaired) electrons. The number of nitrogens with two attached hydrogens (primary N) is 1. The van der Waals surface area contributed by atoms with Gasteiger partial charge in [0.1, 0.15) is 0 Å². The Hall–Kier alpha value is -1.28. The van der Waals surface area contributed by atoms with Crippen LogP contribution in [0.1, 0.15) is 25.3 Å². The zero-order valence-electron chi connectivity index (χ0n) is 9.40. The Balaban J connectivity index is 2.61. The summed E-state index contributed by atoms with van der Waals surface area (Å²) in [7, 11) is 0. The quantitative estimate of drug-likeness (QED) is 0.815. The van der Waals surface area contributed by atoms with Crippen molar-refractivity contribution in [3.63, 3.8) is 0 Å². The maximum atomic E-state index is 5.73. The molecule has 80 valence electrons. The molecule has 0 aliphatic carbocycles. The Bertz CT molecular complexity index is 457. The number of rotatable bonds is 3. The molecule has 2 heteroatoms. The van der Waals surface area contributed by atoms with Gasteiger partial charge in [0.2, 0.25) is 0 Å². The van der Waals surface area contributed by atoms with Crippen LogP contribution in [0.4, 0.5) is 0 Å². The Morgan fingerprint density at radius 1 is 1.33 bits per heavy atom. The first-order chi connectivity index (χ1) is 7.27. The minimum absolute atomic E-state index is 0.432. The third-order valence-corrected chi connectivity index (χ3v) is 3.07. The van der Waals surface area contributed by atoms with Gasteiger partial charge in [0.15, 0.2) is 0 Å². The maximum absolute atomic E-state index is 5.73. The molecule has 0 aliphatic heterocycles. The lowest BCUT2D eigenvalue weighted by atomic mass is 9.98. The standard InChI is InChI=1S/C13H18N2/c1-3-15-8-7-12-11(10(2)9-14)5-4-6-13(12)15/h4-8,10H,3,9,14H2,1-2H3. The normalized spacial score (nSPS) is 13.3. The fraction of sp³-hybridized carbons (Fsp3) is 0.385. The van der Waals surface area contributed by atoms with Gasteiger partial charge in [-0.3, -0.25) is 0 Å². The van der Waals surface area contributed by atoms with E-state index in [0.717, 1.165) is 6.54 Å². The van der Waals surface area contributed by atoms with Gasteiger partial charge in [0.25, 0.3) is 0 Å². The van der Waals surface area contributed by atoms with Gasteiger partial charge >= 0.3 is 0 Å². The van der Waals surface area contributed by atoms with E-state index in [1.54, 1.807) is 0 Å². The number of fused-ring (bicyclic) bond motifs is 1. The molecule has 0 fully saturated rings. The van der Waals surface area contributed by atoms with Crippen LogP contribution in [0.5, 0.6) is 0 Å². The molecule has 2 N–H and O–H groups in total. The summed E-state index contributed by atoms with van der Waals surface area (Å²) in [5.41, 5.74) is 8.41. The van der Waals surface area contributed by atoms with Crippen LogP contribution in [0.25, 0.3) is 10.9 Å². The van der Waals surface area contributed by atoms with Gasteiger partial charge in [-0.1, -0.05) is 19.1 Å². The van der Waals surface area contributed by atoms with Crippen molar-refractivity contribution in [2.75, 3.05) is 6.54 Å². The van der Waals surface area contributed by atoms with Crippen LogP contribution < -0.4 is 5.73 Å². The number of hydrogen-bond donors (Lipinski definition) is 1. The fourth-order valence-corrected chi connectivity index (χ4v) is 2.08. The smallest absolute Gasteiger partial charge is 0.0483 e. The average Bonchev–Trinajstić information content (AvgIpc) is 2.70. The molecule has 2 nitrogen and oxygen atoms in total. The zero-order valence-corrected chi connectivity index (χ0v) is 9.40. The van der Waals surface area contributed by atoms with Crippen molar-refractivity contribution >= 4 is 10.9 Å². The first-order valence-corrected chi connectivity index (χ1v) is 5.55. The van der Waals surface area contributed by atoms with Crippen LogP contribution in [0, 0.1) is 0 Å². The van der Waals surface area contributed by atoms with Crippen LogP contribution in [0.15, 0.2) is 30.5 Å². The van der Waals surface area contributed by atoms with Gasteiger partial charge in [0.05, 0.1) is 0 Å². The second-order valence-electron chi connectivity index (χ2n) is 4.02. The summed E-state index contributed by atoms with van der Waals surface area (Å²) in [6.07, 6.45) is 2.15. The van der Waals surface area contributed by atoms with E-state index in [1.807, 2.05) is 0 Å². The highest BCUT2D eigenvalue weighted by molar-refractivity contribution is 5.84. The first-order valence-electron chi connectivity index (χ1n) is 5.55. The molecule has 0 spiro atoms. The van der Waals surface area contributed by atoms with Crippen LogP contribution in [0.3, 0.4) is 0 Å². The van der Waals surface area contributed by atoms with Crippen molar-refractivity contribution in [3.05, 3.63) is 36.0 Å². The summed E-state index contributed by atoms with van der Waals surface area (Å²) < 4.78 is 2.27. The third kappa shape index (κ3) is 1.65. The number of hydrogen-bond acceptors (Lipinski definition) is 1. The van der Waals surface area contributed by atoms with Gasteiger partial charge in [-0.2, -0.15) is 0 Å². The molecule has 1 unspecified atom stereocenters. The number of aromatic nitrogens is 1. The fourth-order valence-electron chi connectivity index (χ4n) is 2.08. The number of benzene rings is 1. The molecule has 2 rings (SSSR count). The minimum Gasteiger partial charge on any atom is -0.348 e. The van der Waals surface area contributed by atoms with Crippen LogP contribution >= 0.6 is 0 Å². The van der Waals surface area contributed by atoms with Gasteiger partial charge in [-0.15, -0.1) is 0 Å². The van der Waals surface area contributed by atoms with E-state index in [-0.39, 0.29) is 0 Å². The summed E-state index contributed by atoms with van der Waals surface area (Å²) >= 11 is 0. The van der Waals surface area contributed by atoms with E-state index >= 15 is 0 Å². The second-order valence-corrected chi connectivity index (χ2v) is 4.02. The van der Waals surface area contributed by atoms with Crippen molar-refractivity contribution in [3.8, 4) is 0 Å². The van der Waals surface area contributed by atoms with E-state index in [0.29, 0.717) is 12.5 Å². The summed E-state index contributed by atoms with van der Waals surface area (Å²) in [4.78, 5) is 0. The summed E-state index contributed by atoms with van der Waals surface area (Å²) in [6.45, 7) is 6.07. The predicted octanol–water partition coefficient (Wildman–Crippen LogP) is 2.72. The molecule has 0 aliphatic rings. The molecule has 1 aromatic heterocycles. The largest absolute Gasteiger partial charge is 0.348 e. The Morgan fingerprint density at radius 2 is 2.13 bits per heavy atom. The number of aryl methyl sites for hydroxylation is 1. The average molecular weight is 202 g/mol. The molecular formula is C13H18N2. The molecule has 15 heavy (non-hydrogen) atoms. The van der Waals surface area contributed by atoms with Gasteiger partial charge < -0.3 is 10.3 Å². The summed E-state index contributed by atoms with van der Waals surface area (Å²) in [6, 6.07) is 8.67.